The molecule has 1 saturated heterocycles. The van der Waals surface area contributed by atoms with Gasteiger partial charge in [-0.3, -0.25) is 4.79 Å². The maximum atomic E-state index is 12.9. The normalized spacial score (nSPS) is 22.9. The van der Waals surface area contributed by atoms with Gasteiger partial charge in [-0.15, -0.1) is 12.4 Å². The number of carboxylic acid groups (broad SMARTS) is 1. The summed E-state index contributed by atoms with van der Waals surface area (Å²) < 4.78 is 38.6. The first-order valence-electron chi connectivity index (χ1n) is 5.51. The number of benzene rings is 1. The van der Waals surface area contributed by atoms with Gasteiger partial charge in [0.2, 0.25) is 0 Å². The Morgan fingerprint density at radius 3 is 2.47 bits per heavy atom. The van der Waals surface area contributed by atoms with Gasteiger partial charge in [0.25, 0.3) is 0 Å². The lowest BCUT2D eigenvalue weighted by molar-refractivity contribution is -0.143. The van der Waals surface area contributed by atoms with Crippen molar-refractivity contribution < 1.29 is 23.1 Å². The summed E-state index contributed by atoms with van der Waals surface area (Å²) in [6, 6.07) is 5.16. The van der Waals surface area contributed by atoms with Gasteiger partial charge in [0.1, 0.15) is 0 Å². The van der Waals surface area contributed by atoms with Crippen molar-refractivity contribution in [3.05, 3.63) is 35.4 Å². The zero-order valence-electron chi connectivity index (χ0n) is 9.78. The Kier molecular flexibility index (Phi) is 4.81. The van der Waals surface area contributed by atoms with Crippen molar-refractivity contribution in [1.82, 2.24) is 5.32 Å². The van der Waals surface area contributed by atoms with Crippen molar-refractivity contribution in [3.63, 3.8) is 0 Å². The molecule has 0 amide bonds. The SMILES string of the molecule is Cl.O=C(O)[C@H]1CNC[C@@H]1c1ccccc1C(F)(F)F. The molecule has 0 bridgehead atoms. The summed E-state index contributed by atoms with van der Waals surface area (Å²) in [4.78, 5) is 11.0. The molecule has 2 atom stereocenters. The van der Waals surface area contributed by atoms with E-state index in [1.165, 1.54) is 18.2 Å². The molecule has 19 heavy (non-hydrogen) atoms. The van der Waals surface area contributed by atoms with Gasteiger partial charge in [0.05, 0.1) is 11.5 Å². The number of hydrogen-bond donors (Lipinski definition) is 2. The zero-order chi connectivity index (χ0) is 13.3. The maximum absolute atomic E-state index is 12.9. The molecule has 2 N–H and O–H groups in total. The molecule has 1 heterocycles. The predicted octanol–water partition coefficient (Wildman–Crippen LogP) is 2.51. The molecule has 1 aromatic carbocycles. The molecule has 0 aliphatic carbocycles. The largest absolute Gasteiger partial charge is 0.481 e. The number of hydrogen-bond acceptors (Lipinski definition) is 2. The molecule has 0 saturated carbocycles. The molecule has 1 aromatic rings. The van der Waals surface area contributed by atoms with Crippen molar-refractivity contribution in [2.24, 2.45) is 5.92 Å². The fraction of sp³-hybridized carbons (Fsp3) is 0.417. The first kappa shape index (κ1) is 15.8. The number of aliphatic carboxylic acids is 1. The lowest BCUT2D eigenvalue weighted by Crippen LogP contribution is -2.23. The highest BCUT2D eigenvalue weighted by atomic mass is 35.5. The second kappa shape index (κ2) is 5.79. The van der Waals surface area contributed by atoms with E-state index in [-0.39, 0.29) is 31.1 Å². The van der Waals surface area contributed by atoms with Gasteiger partial charge in [-0.05, 0) is 11.6 Å². The molecule has 0 aromatic heterocycles. The smallest absolute Gasteiger partial charge is 0.416 e. The molecule has 1 fully saturated rings. The maximum Gasteiger partial charge on any atom is 0.416 e. The van der Waals surface area contributed by atoms with Crippen molar-refractivity contribution >= 4 is 18.4 Å². The third-order valence-electron chi connectivity index (χ3n) is 3.20. The minimum atomic E-state index is -4.46. The Morgan fingerprint density at radius 1 is 1.26 bits per heavy atom. The van der Waals surface area contributed by atoms with E-state index in [0.29, 0.717) is 0 Å². The molecule has 7 heteroatoms. The fourth-order valence-corrected chi connectivity index (χ4v) is 2.34. The quantitative estimate of drug-likeness (QED) is 0.881. The van der Waals surface area contributed by atoms with E-state index in [9.17, 15) is 18.0 Å². The number of carbonyl (C=O) groups is 1. The Morgan fingerprint density at radius 2 is 1.89 bits per heavy atom. The fourth-order valence-electron chi connectivity index (χ4n) is 2.34. The van der Waals surface area contributed by atoms with Crippen LogP contribution in [0, 0.1) is 5.92 Å². The van der Waals surface area contributed by atoms with Crippen LogP contribution in [0.2, 0.25) is 0 Å². The number of nitrogens with one attached hydrogen (secondary N) is 1. The Hall–Kier alpha value is -1.27. The van der Waals surface area contributed by atoms with Crippen LogP contribution in [0.15, 0.2) is 24.3 Å². The predicted molar refractivity (Wildman–Crippen MR) is 65.4 cm³/mol. The number of alkyl halides is 3. The van der Waals surface area contributed by atoms with E-state index < -0.39 is 29.5 Å². The van der Waals surface area contributed by atoms with Crippen LogP contribution in [0.3, 0.4) is 0 Å². The van der Waals surface area contributed by atoms with Crippen molar-refractivity contribution in [2.75, 3.05) is 13.1 Å². The van der Waals surface area contributed by atoms with Crippen LogP contribution in [0.4, 0.5) is 13.2 Å². The first-order chi connectivity index (χ1) is 8.41. The summed E-state index contributed by atoms with van der Waals surface area (Å²) in [7, 11) is 0. The third-order valence-corrected chi connectivity index (χ3v) is 3.20. The van der Waals surface area contributed by atoms with Gasteiger partial charge in [-0.25, -0.2) is 0 Å². The highest BCUT2D eigenvalue weighted by Crippen LogP contribution is 2.38. The summed E-state index contributed by atoms with van der Waals surface area (Å²) in [5, 5.41) is 11.9. The topological polar surface area (TPSA) is 49.3 Å². The minimum Gasteiger partial charge on any atom is -0.481 e. The van der Waals surface area contributed by atoms with E-state index in [1.54, 1.807) is 0 Å². The number of carboxylic acids is 1. The molecule has 1 aliphatic heterocycles. The van der Waals surface area contributed by atoms with Crippen molar-refractivity contribution in [1.29, 1.82) is 0 Å². The molecule has 3 nitrogen and oxygen atoms in total. The van der Waals surface area contributed by atoms with Crippen LogP contribution in [-0.2, 0) is 11.0 Å². The minimum absolute atomic E-state index is 0. The van der Waals surface area contributed by atoms with Gasteiger partial charge in [-0.1, -0.05) is 18.2 Å². The summed E-state index contributed by atoms with van der Waals surface area (Å²) in [5.41, 5.74) is -0.688. The molecular formula is C12H13ClF3NO2. The average molecular weight is 296 g/mol. The van der Waals surface area contributed by atoms with Crippen LogP contribution in [0.5, 0.6) is 0 Å². The van der Waals surface area contributed by atoms with Gasteiger partial charge in [-0.2, -0.15) is 13.2 Å². The molecule has 106 valence electrons. The summed E-state index contributed by atoms with van der Waals surface area (Å²) in [6.07, 6.45) is -4.46. The molecule has 2 rings (SSSR count). The van der Waals surface area contributed by atoms with Crippen molar-refractivity contribution in [3.8, 4) is 0 Å². The Bertz CT molecular complexity index is 465. The van der Waals surface area contributed by atoms with Gasteiger partial charge in [0, 0.05) is 19.0 Å². The molecule has 0 spiro atoms. The summed E-state index contributed by atoms with van der Waals surface area (Å²) in [5.74, 6) is -2.52. The van der Waals surface area contributed by atoms with E-state index in [2.05, 4.69) is 5.32 Å². The van der Waals surface area contributed by atoms with Crippen LogP contribution < -0.4 is 5.32 Å². The van der Waals surface area contributed by atoms with Crippen LogP contribution in [0.1, 0.15) is 17.0 Å². The van der Waals surface area contributed by atoms with Crippen LogP contribution >= 0.6 is 12.4 Å². The number of halogens is 4. The Balaban J connectivity index is 0.00000180. The monoisotopic (exact) mass is 295 g/mol. The Labute approximate surface area is 114 Å². The van der Waals surface area contributed by atoms with Gasteiger partial charge in [0.15, 0.2) is 0 Å². The van der Waals surface area contributed by atoms with E-state index in [0.717, 1.165) is 6.07 Å². The number of rotatable bonds is 2. The first-order valence-corrected chi connectivity index (χ1v) is 5.51. The van der Waals surface area contributed by atoms with E-state index >= 15 is 0 Å². The van der Waals surface area contributed by atoms with Crippen LogP contribution in [-0.4, -0.2) is 24.2 Å². The molecule has 1 aliphatic rings. The molecule has 0 radical (unpaired) electrons. The van der Waals surface area contributed by atoms with Crippen molar-refractivity contribution in [2.45, 2.75) is 12.1 Å². The highest BCUT2D eigenvalue weighted by molar-refractivity contribution is 5.85. The van der Waals surface area contributed by atoms with Gasteiger partial charge < -0.3 is 10.4 Å². The molecular weight excluding hydrogens is 283 g/mol. The highest BCUT2D eigenvalue weighted by Gasteiger charge is 2.40. The standard InChI is InChI=1S/C12H12F3NO2.ClH/c13-12(14,15)10-4-2-1-3-7(10)8-5-16-6-9(8)11(17)18;/h1-4,8-9,16H,5-6H2,(H,17,18);1H/t8-,9+;/m1./s1. The second-order valence-electron chi connectivity index (χ2n) is 4.29. The van der Waals surface area contributed by atoms with E-state index in [1.807, 2.05) is 0 Å². The zero-order valence-corrected chi connectivity index (χ0v) is 10.6. The lowest BCUT2D eigenvalue weighted by atomic mass is 9.86. The van der Waals surface area contributed by atoms with Crippen LogP contribution in [0.25, 0.3) is 0 Å². The van der Waals surface area contributed by atoms with Gasteiger partial charge >= 0.3 is 12.1 Å². The average Bonchev–Trinajstić information content (AvgIpc) is 2.76. The molecule has 0 unspecified atom stereocenters. The lowest BCUT2D eigenvalue weighted by Gasteiger charge is -2.20. The third kappa shape index (κ3) is 3.19. The summed E-state index contributed by atoms with van der Waals surface area (Å²) in [6.45, 7) is 0.455. The summed E-state index contributed by atoms with van der Waals surface area (Å²) >= 11 is 0. The van der Waals surface area contributed by atoms with E-state index in [4.69, 9.17) is 5.11 Å². The second-order valence-corrected chi connectivity index (χ2v) is 4.29.